The molecule has 3 aromatic carbocycles. The smallest absolute Gasteiger partial charge is 0.372 e. The van der Waals surface area contributed by atoms with Gasteiger partial charge in [0.1, 0.15) is 28.1 Å². The van der Waals surface area contributed by atoms with Gasteiger partial charge in [-0.15, -0.1) is 9.13 Å². The summed E-state index contributed by atoms with van der Waals surface area (Å²) in [4.78, 5) is 4.92. The minimum Gasteiger partial charge on any atom is -0.456 e. The fraction of sp³-hybridized carbons (Fsp3) is 0.0333. The Labute approximate surface area is 198 Å². The van der Waals surface area contributed by atoms with Crippen LogP contribution in [0.3, 0.4) is 0 Å². The maximum Gasteiger partial charge on any atom is 0.372 e. The second kappa shape index (κ2) is 5.15. The fourth-order valence-corrected chi connectivity index (χ4v) is 7.15. The van der Waals surface area contributed by atoms with Crippen molar-refractivity contribution in [3.05, 3.63) is 108 Å². The van der Waals surface area contributed by atoms with E-state index in [2.05, 4.69) is 98.6 Å². The molecule has 0 saturated heterocycles. The summed E-state index contributed by atoms with van der Waals surface area (Å²) in [5, 5.41) is 3.71. The molecule has 3 aliphatic heterocycles. The molecular weight excluding hydrogens is 432 g/mol. The van der Waals surface area contributed by atoms with Gasteiger partial charge in [0.05, 0.1) is 10.9 Å². The number of hydrogen-bond donors (Lipinski definition) is 0. The quantitative estimate of drug-likeness (QED) is 0.240. The van der Waals surface area contributed by atoms with Gasteiger partial charge in [-0.2, -0.15) is 4.40 Å². The Bertz CT molecular complexity index is 2160. The van der Waals surface area contributed by atoms with E-state index >= 15 is 0 Å². The monoisotopic (exact) mass is 448 g/mol. The summed E-state index contributed by atoms with van der Waals surface area (Å²) in [7, 11) is 0. The minimum absolute atomic E-state index is 0.578. The van der Waals surface area contributed by atoms with E-state index in [1.54, 1.807) is 0 Å². The maximum absolute atomic E-state index is 6.65. The zero-order valence-electron chi connectivity index (χ0n) is 18.4. The van der Waals surface area contributed by atoms with Gasteiger partial charge in [-0.05, 0) is 48.5 Å². The first-order chi connectivity index (χ1) is 17.4. The summed E-state index contributed by atoms with van der Waals surface area (Å²) >= 11 is 0. The zero-order valence-corrected chi connectivity index (χ0v) is 18.4. The molecule has 160 valence electrons. The molecule has 7 aromatic rings. The summed E-state index contributed by atoms with van der Waals surface area (Å²) in [6.45, 7) is 0. The third-order valence-corrected chi connectivity index (χ3v) is 8.22. The predicted molar refractivity (Wildman–Crippen MR) is 132 cm³/mol. The fourth-order valence-electron chi connectivity index (χ4n) is 7.15. The van der Waals surface area contributed by atoms with Gasteiger partial charge in [-0.3, -0.25) is 0 Å². The highest BCUT2D eigenvalue weighted by Crippen LogP contribution is 2.57. The lowest BCUT2D eigenvalue weighted by molar-refractivity contribution is -0.940. The van der Waals surface area contributed by atoms with E-state index < -0.39 is 5.66 Å². The number of aromatic nitrogens is 4. The van der Waals surface area contributed by atoms with Crippen molar-refractivity contribution in [1.82, 2.24) is 9.38 Å². The van der Waals surface area contributed by atoms with Crippen LogP contribution in [0.1, 0.15) is 11.1 Å². The second-order valence-corrected chi connectivity index (χ2v) is 9.63. The number of hydrogen-bond acceptors (Lipinski definition) is 2. The molecular formula is C30H16N4O+2. The van der Waals surface area contributed by atoms with Gasteiger partial charge in [0.2, 0.25) is 11.2 Å². The van der Waals surface area contributed by atoms with Crippen LogP contribution in [0.5, 0.6) is 11.5 Å². The molecule has 5 nitrogen and oxygen atoms in total. The van der Waals surface area contributed by atoms with Gasteiger partial charge in [-0.25, -0.2) is 4.98 Å². The van der Waals surface area contributed by atoms with Crippen molar-refractivity contribution >= 4 is 38.5 Å². The molecule has 10 rings (SSSR count). The van der Waals surface area contributed by atoms with Crippen LogP contribution in [-0.2, 0) is 5.66 Å². The number of ether oxygens (including phenoxy) is 1. The largest absolute Gasteiger partial charge is 0.456 e. The van der Waals surface area contributed by atoms with E-state index in [9.17, 15) is 0 Å². The number of nitrogens with zero attached hydrogens (tertiary/aromatic N) is 4. The van der Waals surface area contributed by atoms with Crippen molar-refractivity contribution in [2.24, 2.45) is 0 Å². The first kappa shape index (κ1) is 16.8. The molecule has 3 aliphatic rings. The molecule has 5 heteroatoms. The maximum atomic E-state index is 6.65. The number of para-hydroxylation sites is 1. The van der Waals surface area contributed by atoms with Crippen molar-refractivity contribution in [2.45, 2.75) is 5.66 Å². The summed E-state index contributed by atoms with van der Waals surface area (Å²) in [5.74, 6) is 1.84. The van der Waals surface area contributed by atoms with Crippen LogP contribution in [0, 0.1) is 0 Å². The molecule has 4 aromatic heterocycles. The molecule has 1 spiro atoms. The standard InChI is InChI=1S/C30H16N4O/c1-2-10-21-17(7-1)18-13-14-24-27-25(18)29-33(21)28-22(11-6-15-31-28)34(29)30(27)26-19(8-5-12-23(26)35-24)20-9-3-4-16-32(20)30/h1-16H/q+2. The van der Waals surface area contributed by atoms with Gasteiger partial charge >= 0.3 is 11.3 Å². The molecule has 0 saturated carbocycles. The Morgan fingerprint density at radius 3 is 2.69 bits per heavy atom. The lowest BCUT2D eigenvalue weighted by Gasteiger charge is -2.28. The number of benzene rings is 3. The van der Waals surface area contributed by atoms with Crippen molar-refractivity contribution < 1.29 is 13.9 Å². The van der Waals surface area contributed by atoms with Crippen LogP contribution in [0.4, 0.5) is 0 Å². The van der Waals surface area contributed by atoms with Crippen LogP contribution < -0.4 is 13.9 Å². The molecule has 1 unspecified atom stereocenters. The molecule has 0 fully saturated rings. The van der Waals surface area contributed by atoms with Gasteiger partial charge in [0.15, 0.2) is 6.20 Å². The van der Waals surface area contributed by atoms with E-state index in [1.165, 1.54) is 44.2 Å². The number of imidazole rings is 1. The summed E-state index contributed by atoms with van der Waals surface area (Å²) in [6.07, 6.45) is 4.12. The topological polar surface area (TPSA) is 34.3 Å². The highest BCUT2D eigenvalue weighted by Gasteiger charge is 2.69. The molecule has 1 atom stereocenters. The summed E-state index contributed by atoms with van der Waals surface area (Å²) in [5.41, 5.74) is 8.67. The van der Waals surface area contributed by atoms with Crippen LogP contribution in [0.15, 0.2) is 97.3 Å². The highest BCUT2D eigenvalue weighted by atomic mass is 16.5. The van der Waals surface area contributed by atoms with Crippen molar-refractivity contribution in [2.75, 3.05) is 0 Å². The molecule has 0 aliphatic carbocycles. The third-order valence-electron chi connectivity index (χ3n) is 8.22. The van der Waals surface area contributed by atoms with E-state index in [1.807, 2.05) is 12.3 Å². The number of rotatable bonds is 0. The van der Waals surface area contributed by atoms with Gasteiger partial charge < -0.3 is 4.74 Å². The predicted octanol–water partition coefficient (Wildman–Crippen LogP) is 5.07. The average molecular weight is 448 g/mol. The van der Waals surface area contributed by atoms with Crippen molar-refractivity contribution in [3.8, 4) is 22.8 Å². The Morgan fingerprint density at radius 2 is 1.69 bits per heavy atom. The minimum atomic E-state index is -0.578. The van der Waals surface area contributed by atoms with Crippen LogP contribution in [-0.4, -0.2) is 9.38 Å². The Hall–Kier alpha value is -4.77. The van der Waals surface area contributed by atoms with E-state index in [4.69, 9.17) is 9.72 Å². The lowest BCUT2D eigenvalue weighted by atomic mass is 9.85. The average Bonchev–Trinajstić information content (AvgIpc) is 3.53. The molecule has 0 radical (unpaired) electrons. The number of pyridine rings is 3. The Morgan fingerprint density at radius 1 is 0.771 bits per heavy atom. The van der Waals surface area contributed by atoms with Crippen LogP contribution in [0.25, 0.3) is 49.7 Å². The third kappa shape index (κ3) is 1.52. The SMILES string of the molecule is c1cc2c3c(c1)-c1cccc[n+]1C31c3c(ccc4c5ccccc5n5c6ncccc6[n+]1c5c34)O2. The molecule has 35 heavy (non-hydrogen) atoms. The molecule has 0 amide bonds. The molecule has 0 bridgehead atoms. The molecule has 7 heterocycles. The lowest BCUT2D eigenvalue weighted by Crippen LogP contribution is -2.71. The van der Waals surface area contributed by atoms with Crippen molar-refractivity contribution in [3.63, 3.8) is 0 Å². The van der Waals surface area contributed by atoms with Crippen LogP contribution in [0.2, 0.25) is 0 Å². The summed E-state index contributed by atoms with van der Waals surface area (Å²) < 4.78 is 14.0. The Balaban J connectivity index is 1.63. The Kier molecular flexibility index (Phi) is 2.47. The first-order valence-corrected chi connectivity index (χ1v) is 11.9. The van der Waals surface area contributed by atoms with Gasteiger partial charge in [-0.1, -0.05) is 24.3 Å². The number of fused-ring (bicyclic) bond motifs is 8. The molecule has 0 N–H and O–H groups in total. The highest BCUT2D eigenvalue weighted by molar-refractivity contribution is 6.15. The van der Waals surface area contributed by atoms with E-state index in [0.717, 1.165) is 28.2 Å². The van der Waals surface area contributed by atoms with Crippen molar-refractivity contribution in [1.29, 1.82) is 0 Å². The second-order valence-electron chi connectivity index (χ2n) is 9.63. The normalized spacial score (nSPS) is 18.1. The van der Waals surface area contributed by atoms with Gasteiger partial charge in [0.25, 0.3) is 5.65 Å². The van der Waals surface area contributed by atoms with E-state index in [-0.39, 0.29) is 0 Å². The van der Waals surface area contributed by atoms with Gasteiger partial charge in [0, 0.05) is 29.1 Å². The van der Waals surface area contributed by atoms with E-state index in [0.29, 0.717) is 0 Å². The summed E-state index contributed by atoms with van der Waals surface area (Å²) in [6, 6.07) is 30.2. The zero-order chi connectivity index (χ0) is 22.5. The van der Waals surface area contributed by atoms with Crippen LogP contribution >= 0.6 is 0 Å². The first-order valence-electron chi connectivity index (χ1n) is 11.9.